The Morgan fingerprint density at radius 3 is 3.33 bits per heavy atom. The molecule has 1 atom stereocenters. The molecule has 2 heterocycles. The van der Waals surface area contributed by atoms with Crippen molar-refractivity contribution in [3.05, 3.63) is 20.8 Å². The highest BCUT2D eigenvalue weighted by Crippen LogP contribution is 2.33. The van der Waals surface area contributed by atoms with Crippen molar-refractivity contribution in [1.82, 2.24) is 5.32 Å². The van der Waals surface area contributed by atoms with Gasteiger partial charge in [-0.2, -0.15) is 0 Å². The molecule has 1 aromatic heterocycles. The van der Waals surface area contributed by atoms with Crippen LogP contribution in [0.4, 0.5) is 0 Å². The molecule has 0 spiro atoms. The van der Waals surface area contributed by atoms with Crippen LogP contribution in [-0.4, -0.2) is 13.1 Å². The first-order valence-electron chi connectivity index (χ1n) is 4.26. The van der Waals surface area contributed by atoms with Gasteiger partial charge < -0.3 is 5.32 Å². The van der Waals surface area contributed by atoms with Gasteiger partial charge >= 0.3 is 0 Å². The Morgan fingerprint density at radius 2 is 2.50 bits per heavy atom. The Balaban J connectivity index is 2.38. The number of fused-ring (bicyclic) bond motifs is 1. The molecule has 1 unspecified atom stereocenters. The SMILES string of the molecule is CC1CNCCc2cc(Cl)sc21. The van der Waals surface area contributed by atoms with E-state index in [4.69, 9.17) is 11.6 Å². The van der Waals surface area contributed by atoms with Gasteiger partial charge in [-0.25, -0.2) is 0 Å². The van der Waals surface area contributed by atoms with Gasteiger partial charge in [-0.1, -0.05) is 18.5 Å². The molecule has 0 saturated heterocycles. The lowest BCUT2D eigenvalue weighted by atomic mass is 10.1. The zero-order chi connectivity index (χ0) is 8.55. The monoisotopic (exact) mass is 201 g/mol. The summed E-state index contributed by atoms with van der Waals surface area (Å²) in [6.45, 7) is 4.43. The van der Waals surface area contributed by atoms with Crippen molar-refractivity contribution in [3.63, 3.8) is 0 Å². The molecule has 0 bridgehead atoms. The first-order valence-corrected chi connectivity index (χ1v) is 5.45. The van der Waals surface area contributed by atoms with Gasteiger partial charge in [0.25, 0.3) is 0 Å². The van der Waals surface area contributed by atoms with Crippen LogP contribution >= 0.6 is 22.9 Å². The third-order valence-electron chi connectivity index (χ3n) is 2.28. The molecule has 1 aliphatic rings. The van der Waals surface area contributed by atoms with E-state index in [1.807, 2.05) is 0 Å². The second-order valence-electron chi connectivity index (χ2n) is 3.30. The highest BCUT2D eigenvalue weighted by molar-refractivity contribution is 7.16. The molecule has 66 valence electrons. The van der Waals surface area contributed by atoms with Crippen LogP contribution in [0.5, 0.6) is 0 Å². The van der Waals surface area contributed by atoms with Crippen molar-refractivity contribution in [1.29, 1.82) is 0 Å². The van der Waals surface area contributed by atoms with Crippen molar-refractivity contribution in [2.24, 2.45) is 0 Å². The van der Waals surface area contributed by atoms with Crippen LogP contribution in [0.25, 0.3) is 0 Å². The molecule has 3 heteroatoms. The summed E-state index contributed by atoms with van der Waals surface area (Å²) in [7, 11) is 0. The predicted molar refractivity (Wildman–Crippen MR) is 54.3 cm³/mol. The molecule has 2 rings (SSSR count). The molecular weight excluding hydrogens is 190 g/mol. The quantitative estimate of drug-likeness (QED) is 0.681. The Kier molecular flexibility index (Phi) is 2.40. The van der Waals surface area contributed by atoms with E-state index in [9.17, 15) is 0 Å². The largest absolute Gasteiger partial charge is 0.316 e. The van der Waals surface area contributed by atoms with Crippen molar-refractivity contribution in [2.75, 3.05) is 13.1 Å². The summed E-state index contributed by atoms with van der Waals surface area (Å²) in [5, 5.41) is 3.41. The van der Waals surface area contributed by atoms with Crippen LogP contribution in [0.15, 0.2) is 6.07 Å². The molecule has 0 radical (unpaired) electrons. The van der Waals surface area contributed by atoms with Crippen LogP contribution in [0.2, 0.25) is 4.34 Å². The van der Waals surface area contributed by atoms with Gasteiger partial charge in [0, 0.05) is 17.3 Å². The molecule has 12 heavy (non-hydrogen) atoms. The van der Waals surface area contributed by atoms with E-state index in [0.29, 0.717) is 5.92 Å². The fraction of sp³-hybridized carbons (Fsp3) is 0.556. The maximum absolute atomic E-state index is 5.97. The number of hydrogen-bond donors (Lipinski definition) is 1. The highest BCUT2D eigenvalue weighted by atomic mass is 35.5. The average Bonchev–Trinajstić information content (AvgIpc) is 2.33. The summed E-state index contributed by atoms with van der Waals surface area (Å²) in [6.07, 6.45) is 1.13. The van der Waals surface area contributed by atoms with Crippen LogP contribution in [0.1, 0.15) is 23.3 Å². The minimum atomic E-state index is 0.625. The number of thiophene rings is 1. The maximum Gasteiger partial charge on any atom is 0.0934 e. The summed E-state index contributed by atoms with van der Waals surface area (Å²) in [5.74, 6) is 0.625. The van der Waals surface area contributed by atoms with E-state index in [0.717, 1.165) is 23.8 Å². The minimum Gasteiger partial charge on any atom is -0.316 e. The lowest BCUT2D eigenvalue weighted by Crippen LogP contribution is -2.18. The van der Waals surface area contributed by atoms with E-state index in [-0.39, 0.29) is 0 Å². The molecule has 0 aliphatic carbocycles. The molecule has 0 fully saturated rings. The Labute approximate surface area is 81.7 Å². The van der Waals surface area contributed by atoms with E-state index in [2.05, 4.69) is 18.3 Å². The molecule has 1 N–H and O–H groups in total. The fourth-order valence-electron chi connectivity index (χ4n) is 1.65. The van der Waals surface area contributed by atoms with Gasteiger partial charge in [0.2, 0.25) is 0 Å². The van der Waals surface area contributed by atoms with Gasteiger partial charge in [0.15, 0.2) is 0 Å². The van der Waals surface area contributed by atoms with Crippen molar-refractivity contribution in [2.45, 2.75) is 19.3 Å². The number of nitrogens with one attached hydrogen (secondary N) is 1. The third-order valence-corrected chi connectivity index (χ3v) is 3.82. The lowest BCUT2D eigenvalue weighted by Gasteiger charge is -2.06. The first kappa shape index (κ1) is 8.54. The van der Waals surface area contributed by atoms with Crippen LogP contribution in [0, 0.1) is 0 Å². The predicted octanol–water partition coefficient (Wildman–Crippen LogP) is 2.65. The fourth-order valence-corrected chi connectivity index (χ4v) is 3.02. The number of hydrogen-bond acceptors (Lipinski definition) is 2. The van der Waals surface area contributed by atoms with E-state index >= 15 is 0 Å². The molecular formula is C9H12ClNS. The van der Waals surface area contributed by atoms with Gasteiger partial charge in [-0.05, 0) is 24.6 Å². The molecule has 1 nitrogen and oxygen atoms in total. The van der Waals surface area contributed by atoms with Gasteiger partial charge in [-0.3, -0.25) is 0 Å². The Hall–Kier alpha value is -0.0500. The van der Waals surface area contributed by atoms with Crippen LogP contribution in [0.3, 0.4) is 0 Å². The van der Waals surface area contributed by atoms with Crippen molar-refractivity contribution >= 4 is 22.9 Å². The highest BCUT2D eigenvalue weighted by Gasteiger charge is 2.16. The average molecular weight is 202 g/mol. The first-order chi connectivity index (χ1) is 5.77. The summed E-state index contributed by atoms with van der Waals surface area (Å²) in [5.41, 5.74) is 1.45. The van der Waals surface area contributed by atoms with Gasteiger partial charge in [-0.15, -0.1) is 11.3 Å². The molecule has 1 aliphatic heterocycles. The zero-order valence-corrected chi connectivity index (χ0v) is 8.63. The van der Waals surface area contributed by atoms with Crippen LogP contribution in [-0.2, 0) is 6.42 Å². The van der Waals surface area contributed by atoms with Crippen molar-refractivity contribution < 1.29 is 0 Å². The number of rotatable bonds is 0. The third kappa shape index (κ3) is 1.51. The Morgan fingerprint density at radius 1 is 1.67 bits per heavy atom. The zero-order valence-electron chi connectivity index (χ0n) is 7.06. The molecule has 0 aromatic carbocycles. The van der Waals surface area contributed by atoms with Gasteiger partial charge in [0.05, 0.1) is 4.34 Å². The summed E-state index contributed by atoms with van der Waals surface area (Å²) in [6, 6.07) is 2.12. The standard InChI is InChI=1S/C9H12ClNS/c1-6-5-11-3-2-7-4-8(10)12-9(6)7/h4,6,11H,2-3,5H2,1H3. The van der Waals surface area contributed by atoms with Gasteiger partial charge in [0.1, 0.15) is 0 Å². The summed E-state index contributed by atoms with van der Waals surface area (Å²) >= 11 is 7.70. The van der Waals surface area contributed by atoms with Crippen LogP contribution < -0.4 is 5.32 Å². The smallest absolute Gasteiger partial charge is 0.0934 e. The molecule has 1 aromatic rings. The molecule has 0 amide bonds. The summed E-state index contributed by atoms with van der Waals surface area (Å²) < 4.78 is 0.939. The molecule has 0 saturated carbocycles. The topological polar surface area (TPSA) is 12.0 Å². The normalized spacial score (nSPS) is 23.3. The number of halogens is 1. The maximum atomic E-state index is 5.97. The summed E-state index contributed by atoms with van der Waals surface area (Å²) in [4.78, 5) is 1.48. The lowest BCUT2D eigenvalue weighted by molar-refractivity contribution is 0.648. The van der Waals surface area contributed by atoms with E-state index in [1.165, 1.54) is 10.4 Å². The van der Waals surface area contributed by atoms with Crippen molar-refractivity contribution in [3.8, 4) is 0 Å². The van der Waals surface area contributed by atoms with E-state index < -0.39 is 0 Å². The minimum absolute atomic E-state index is 0.625. The second-order valence-corrected chi connectivity index (χ2v) is 5.01. The van der Waals surface area contributed by atoms with E-state index in [1.54, 1.807) is 11.3 Å². The second kappa shape index (κ2) is 3.36. The Bertz CT molecular complexity index is 282.